The van der Waals surface area contributed by atoms with Crippen molar-refractivity contribution in [1.29, 1.82) is 0 Å². The van der Waals surface area contributed by atoms with E-state index in [9.17, 15) is 5.11 Å². The Morgan fingerprint density at radius 3 is 1.60 bits per heavy atom. The summed E-state index contributed by atoms with van der Waals surface area (Å²) in [6.45, 7) is 22.6. The lowest BCUT2D eigenvalue weighted by atomic mass is 9.99. The van der Waals surface area contributed by atoms with Crippen molar-refractivity contribution in [3.63, 3.8) is 0 Å². The molecule has 0 bridgehead atoms. The average molecular weight is 679 g/mol. The van der Waals surface area contributed by atoms with Crippen LogP contribution >= 0.6 is 47.0 Å². The number of benzene rings is 1. The van der Waals surface area contributed by atoms with Crippen LogP contribution in [0.2, 0.25) is 0 Å². The van der Waals surface area contributed by atoms with Crippen molar-refractivity contribution in [1.82, 2.24) is 0 Å². The standard InChI is InChI=1S/C20H32O3S2.C13H26O3S2/c1-6-24-19(25-7-2)18(21-13-16-11-9-8-10-12-16)15(3)17-14-22-20(4,5)23-17;1-6-17-12(18-7-2)11(14)9(3)10-8-15-13(4,5)16-10/h8-12,15,17-19H,6-7,13-14H2,1-5H3;9-12,14H,6-8H2,1-5H3/t15-,17+,18+;9-,10+,11+/m00/s1. The third-order valence-electron chi connectivity index (χ3n) is 7.45. The summed E-state index contributed by atoms with van der Waals surface area (Å²) in [7, 11) is 0. The van der Waals surface area contributed by atoms with E-state index in [1.807, 2.05) is 80.8 Å². The second-order valence-corrected chi connectivity index (χ2v) is 18.0. The summed E-state index contributed by atoms with van der Waals surface area (Å²) in [5.74, 6) is 3.58. The number of aliphatic hydroxyl groups excluding tert-OH is 1. The van der Waals surface area contributed by atoms with Gasteiger partial charge in [-0.2, -0.15) is 0 Å². The molecule has 10 heteroatoms. The molecule has 1 N–H and O–H groups in total. The zero-order chi connectivity index (χ0) is 32.0. The van der Waals surface area contributed by atoms with Crippen LogP contribution in [-0.4, -0.2) is 86.5 Å². The summed E-state index contributed by atoms with van der Waals surface area (Å²) in [6, 6.07) is 10.4. The van der Waals surface area contributed by atoms with E-state index in [-0.39, 0.29) is 40.8 Å². The van der Waals surface area contributed by atoms with Crippen LogP contribution in [0.5, 0.6) is 0 Å². The van der Waals surface area contributed by atoms with Crippen LogP contribution in [0.15, 0.2) is 30.3 Å². The van der Waals surface area contributed by atoms with Gasteiger partial charge in [0.1, 0.15) is 0 Å². The van der Waals surface area contributed by atoms with E-state index in [0.29, 0.717) is 24.4 Å². The summed E-state index contributed by atoms with van der Waals surface area (Å²) in [6.07, 6.45) is -0.166. The molecule has 2 aliphatic rings. The maximum atomic E-state index is 10.5. The van der Waals surface area contributed by atoms with Crippen molar-refractivity contribution < 1.29 is 28.8 Å². The number of hydrogen-bond donors (Lipinski definition) is 1. The molecule has 2 saturated heterocycles. The molecular formula is C33H58O6S4. The molecular weight excluding hydrogens is 621 g/mol. The maximum absolute atomic E-state index is 10.5. The molecule has 0 aliphatic carbocycles. The van der Waals surface area contributed by atoms with Crippen LogP contribution in [0.3, 0.4) is 0 Å². The Bertz CT molecular complexity index is 858. The summed E-state index contributed by atoms with van der Waals surface area (Å²) in [5, 5.41) is 10.5. The molecule has 0 unspecified atom stereocenters. The van der Waals surface area contributed by atoms with E-state index in [2.05, 4.69) is 65.8 Å². The van der Waals surface area contributed by atoms with E-state index in [0.717, 1.165) is 23.0 Å². The molecule has 2 fully saturated rings. The summed E-state index contributed by atoms with van der Waals surface area (Å²) in [4.78, 5) is 0. The number of thioether (sulfide) groups is 4. The van der Waals surface area contributed by atoms with Crippen molar-refractivity contribution >= 4 is 47.0 Å². The van der Waals surface area contributed by atoms with E-state index in [4.69, 9.17) is 23.7 Å². The fourth-order valence-electron chi connectivity index (χ4n) is 5.01. The zero-order valence-corrected chi connectivity index (χ0v) is 31.3. The Balaban J connectivity index is 0.000000317. The SMILES string of the molecule is CCSC(SCC)[C@H](O)[C@@H](C)[C@H]1COC(C)(C)O1.CCSC(SCC)[C@H](OCc1ccccc1)[C@@H](C)[C@H]1COC(C)(C)O1. The second kappa shape index (κ2) is 19.9. The quantitative estimate of drug-likeness (QED) is 0.163. The molecule has 1 aromatic rings. The first-order chi connectivity index (χ1) is 20.4. The predicted octanol–water partition coefficient (Wildman–Crippen LogP) is 8.16. The van der Waals surface area contributed by atoms with Crippen molar-refractivity contribution in [3.05, 3.63) is 35.9 Å². The highest BCUT2D eigenvalue weighted by atomic mass is 32.2. The Hall–Kier alpha value is 0.380. The molecule has 2 heterocycles. The van der Waals surface area contributed by atoms with Crippen LogP contribution < -0.4 is 0 Å². The van der Waals surface area contributed by atoms with Gasteiger partial charge in [-0.15, -0.1) is 47.0 Å². The Kier molecular flexibility index (Phi) is 18.3. The van der Waals surface area contributed by atoms with Gasteiger partial charge in [0.2, 0.25) is 0 Å². The molecule has 250 valence electrons. The van der Waals surface area contributed by atoms with Gasteiger partial charge in [0, 0.05) is 11.8 Å². The summed E-state index contributed by atoms with van der Waals surface area (Å²) < 4.78 is 30.4. The van der Waals surface area contributed by atoms with Gasteiger partial charge in [0.15, 0.2) is 11.6 Å². The van der Waals surface area contributed by atoms with E-state index in [1.165, 1.54) is 5.56 Å². The maximum Gasteiger partial charge on any atom is 0.163 e. The molecule has 3 rings (SSSR count). The minimum atomic E-state index is -0.510. The van der Waals surface area contributed by atoms with Crippen molar-refractivity contribution in [2.75, 3.05) is 36.2 Å². The van der Waals surface area contributed by atoms with Gasteiger partial charge in [-0.1, -0.05) is 71.9 Å². The molecule has 2 aliphatic heterocycles. The molecule has 0 spiro atoms. The molecule has 0 radical (unpaired) electrons. The monoisotopic (exact) mass is 678 g/mol. The normalized spacial score (nSPS) is 24.0. The van der Waals surface area contributed by atoms with E-state index in [1.54, 1.807) is 0 Å². The van der Waals surface area contributed by atoms with Crippen LogP contribution in [0.1, 0.15) is 74.8 Å². The minimum absolute atomic E-state index is 0.00703. The second-order valence-electron chi connectivity index (χ2n) is 11.8. The molecule has 0 aromatic heterocycles. The van der Waals surface area contributed by atoms with E-state index >= 15 is 0 Å². The number of aliphatic hydroxyl groups is 1. The summed E-state index contributed by atoms with van der Waals surface area (Å²) >= 11 is 7.57. The molecule has 6 nitrogen and oxygen atoms in total. The average Bonchev–Trinajstić information content (AvgIpc) is 3.53. The molecule has 0 saturated carbocycles. The van der Waals surface area contributed by atoms with Crippen LogP contribution in [0, 0.1) is 11.8 Å². The third kappa shape index (κ3) is 13.6. The third-order valence-corrected chi connectivity index (χ3v) is 12.8. The lowest BCUT2D eigenvalue weighted by Gasteiger charge is -2.34. The van der Waals surface area contributed by atoms with Gasteiger partial charge < -0.3 is 28.8 Å². The first-order valence-electron chi connectivity index (χ1n) is 15.8. The van der Waals surface area contributed by atoms with Crippen LogP contribution in [0.4, 0.5) is 0 Å². The van der Waals surface area contributed by atoms with Crippen LogP contribution in [0.25, 0.3) is 0 Å². The topological polar surface area (TPSA) is 66.4 Å². The highest BCUT2D eigenvalue weighted by Gasteiger charge is 2.42. The molecule has 0 amide bonds. The number of hydrogen-bond acceptors (Lipinski definition) is 10. The first kappa shape index (κ1) is 39.6. The predicted molar refractivity (Wildman–Crippen MR) is 189 cm³/mol. The highest BCUT2D eigenvalue weighted by Crippen LogP contribution is 2.38. The van der Waals surface area contributed by atoms with Gasteiger partial charge in [-0.25, -0.2) is 0 Å². The summed E-state index contributed by atoms with van der Waals surface area (Å²) in [5.41, 5.74) is 1.21. The van der Waals surface area contributed by atoms with Crippen LogP contribution in [-0.2, 0) is 30.3 Å². The first-order valence-corrected chi connectivity index (χ1v) is 20.0. The van der Waals surface area contributed by atoms with Crippen molar-refractivity contribution in [2.24, 2.45) is 11.8 Å². The molecule has 1 aromatic carbocycles. The van der Waals surface area contributed by atoms with Crippen molar-refractivity contribution in [3.8, 4) is 0 Å². The Morgan fingerprint density at radius 2 is 1.19 bits per heavy atom. The van der Waals surface area contributed by atoms with Gasteiger partial charge in [-0.05, 0) is 56.3 Å². The van der Waals surface area contributed by atoms with Crippen molar-refractivity contribution in [2.45, 2.75) is 121 Å². The zero-order valence-electron chi connectivity index (χ0n) is 28.1. The smallest absolute Gasteiger partial charge is 0.163 e. The highest BCUT2D eigenvalue weighted by molar-refractivity contribution is 8.17. The number of ether oxygens (including phenoxy) is 5. The van der Waals surface area contributed by atoms with E-state index < -0.39 is 11.6 Å². The fourth-order valence-corrected chi connectivity index (χ4v) is 10.7. The molecule has 6 atom stereocenters. The fraction of sp³-hybridized carbons (Fsp3) is 0.818. The number of rotatable bonds is 17. The Morgan fingerprint density at radius 1 is 0.744 bits per heavy atom. The molecule has 43 heavy (non-hydrogen) atoms. The van der Waals surface area contributed by atoms with Gasteiger partial charge in [0.25, 0.3) is 0 Å². The van der Waals surface area contributed by atoms with Gasteiger partial charge >= 0.3 is 0 Å². The lowest BCUT2D eigenvalue weighted by molar-refractivity contribution is -0.151. The largest absolute Gasteiger partial charge is 0.391 e. The Labute approximate surface area is 279 Å². The lowest BCUT2D eigenvalue weighted by Crippen LogP contribution is -2.39. The minimum Gasteiger partial charge on any atom is -0.391 e. The van der Waals surface area contributed by atoms with Gasteiger partial charge in [0.05, 0.1) is 53.4 Å². The van der Waals surface area contributed by atoms with Gasteiger partial charge in [-0.3, -0.25) is 0 Å².